The summed E-state index contributed by atoms with van der Waals surface area (Å²) in [6.07, 6.45) is 2.47. The molecule has 2 saturated heterocycles. The van der Waals surface area contributed by atoms with Gasteiger partial charge in [0.05, 0.1) is 5.52 Å². The summed E-state index contributed by atoms with van der Waals surface area (Å²) in [5.74, 6) is 2.72. The Balaban J connectivity index is 1.28. The first-order valence-corrected chi connectivity index (χ1v) is 13.5. The summed E-state index contributed by atoms with van der Waals surface area (Å²) in [5.41, 5.74) is 3.31. The van der Waals surface area contributed by atoms with Crippen molar-refractivity contribution in [3.05, 3.63) is 29.8 Å². The van der Waals surface area contributed by atoms with Crippen LogP contribution < -0.4 is 15.5 Å². The van der Waals surface area contributed by atoms with Crippen molar-refractivity contribution < 1.29 is 0 Å². The lowest BCUT2D eigenvalue weighted by molar-refractivity contribution is 0.140. The van der Waals surface area contributed by atoms with Gasteiger partial charge in [0.2, 0.25) is 0 Å². The molecule has 1 aromatic carbocycles. The van der Waals surface area contributed by atoms with E-state index in [0.29, 0.717) is 5.11 Å². The molecule has 1 aromatic heterocycles. The molecule has 7 heteroatoms. The van der Waals surface area contributed by atoms with Gasteiger partial charge >= 0.3 is 0 Å². The number of rotatable bonds is 7. The predicted molar refractivity (Wildman–Crippen MR) is 149 cm³/mol. The number of nitrogens with one attached hydrogen (secondary N) is 2. The second-order valence-corrected chi connectivity index (χ2v) is 10.8. The predicted octanol–water partition coefficient (Wildman–Crippen LogP) is 4.34. The van der Waals surface area contributed by atoms with Crippen LogP contribution in [0.4, 0.5) is 11.5 Å². The molecule has 34 heavy (non-hydrogen) atoms. The second-order valence-electron chi connectivity index (χ2n) is 10.4. The van der Waals surface area contributed by atoms with Crippen LogP contribution in [0.1, 0.15) is 39.2 Å². The Hall–Kier alpha value is -1.96. The SMILES string of the molecule is CCN1CCN(c2cc(C)c3cc(NC(=S)NCCCN4C[C@@H](C)C[C@H](C)C4)ccc3n2)CC1. The molecule has 4 rings (SSSR count). The molecular weight excluding hydrogens is 440 g/mol. The number of nitrogens with zero attached hydrogens (tertiary/aromatic N) is 4. The molecule has 0 saturated carbocycles. The number of aromatic nitrogens is 1. The van der Waals surface area contributed by atoms with Crippen molar-refractivity contribution in [3.63, 3.8) is 0 Å². The topological polar surface area (TPSA) is 46.7 Å². The zero-order chi connectivity index (χ0) is 24.1. The largest absolute Gasteiger partial charge is 0.362 e. The molecule has 2 aliphatic rings. The fourth-order valence-electron chi connectivity index (χ4n) is 5.56. The second kappa shape index (κ2) is 11.6. The number of hydrogen-bond donors (Lipinski definition) is 2. The van der Waals surface area contributed by atoms with E-state index < -0.39 is 0 Å². The average molecular weight is 483 g/mol. The Morgan fingerprint density at radius 2 is 1.79 bits per heavy atom. The molecule has 2 aliphatic heterocycles. The summed E-state index contributed by atoms with van der Waals surface area (Å²) >= 11 is 5.56. The van der Waals surface area contributed by atoms with Crippen LogP contribution in [0.3, 0.4) is 0 Å². The van der Waals surface area contributed by atoms with E-state index in [1.165, 1.54) is 30.5 Å². The third-order valence-corrected chi connectivity index (χ3v) is 7.53. The smallest absolute Gasteiger partial charge is 0.170 e. The number of aryl methyl sites for hydroxylation is 1. The van der Waals surface area contributed by atoms with Crippen LogP contribution in [0.15, 0.2) is 24.3 Å². The Morgan fingerprint density at radius 3 is 2.50 bits per heavy atom. The summed E-state index contributed by atoms with van der Waals surface area (Å²) in [4.78, 5) is 12.5. The number of anilines is 2. The highest BCUT2D eigenvalue weighted by Crippen LogP contribution is 2.26. The summed E-state index contributed by atoms with van der Waals surface area (Å²) in [5, 5.41) is 8.62. The summed E-state index contributed by atoms with van der Waals surface area (Å²) in [7, 11) is 0. The van der Waals surface area contributed by atoms with Gasteiger partial charge in [-0.3, -0.25) is 0 Å². The van der Waals surface area contributed by atoms with Gasteiger partial charge in [0.15, 0.2) is 5.11 Å². The van der Waals surface area contributed by atoms with Gasteiger partial charge in [-0.2, -0.15) is 0 Å². The first-order chi connectivity index (χ1) is 16.4. The van der Waals surface area contributed by atoms with Crippen LogP contribution in [-0.2, 0) is 0 Å². The lowest BCUT2D eigenvalue weighted by atomic mass is 9.92. The Bertz CT molecular complexity index is 961. The van der Waals surface area contributed by atoms with E-state index >= 15 is 0 Å². The summed E-state index contributed by atoms with van der Waals surface area (Å²) < 4.78 is 0. The van der Waals surface area contributed by atoms with Gasteiger partial charge in [0.1, 0.15) is 5.82 Å². The number of likely N-dealkylation sites (N-methyl/N-ethyl adjacent to an activating group) is 1. The van der Waals surface area contributed by atoms with Crippen molar-refractivity contribution in [3.8, 4) is 0 Å². The fraction of sp³-hybridized carbons (Fsp3) is 0.630. The molecule has 2 aromatic rings. The van der Waals surface area contributed by atoms with Crippen LogP contribution in [0, 0.1) is 18.8 Å². The standard InChI is InChI=1S/C27H42N6S/c1-5-31-11-13-33(14-12-31)26-16-22(4)24-17-23(7-8-25(24)30-26)29-27(34)28-9-6-10-32-18-20(2)15-21(3)19-32/h7-8,16-17,20-21H,5-6,9-15,18-19H2,1-4H3,(H2,28,29,34)/t20-,21-/m0/s1. The van der Waals surface area contributed by atoms with Crippen molar-refractivity contribution in [2.75, 3.05) is 69.1 Å². The molecule has 2 atom stereocenters. The monoisotopic (exact) mass is 482 g/mol. The molecule has 0 bridgehead atoms. The van der Waals surface area contributed by atoms with Crippen molar-refractivity contribution >= 4 is 39.7 Å². The third-order valence-electron chi connectivity index (χ3n) is 7.28. The van der Waals surface area contributed by atoms with Crippen LogP contribution in [0.5, 0.6) is 0 Å². The van der Waals surface area contributed by atoms with Gasteiger partial charge in [-0.1, -0.05) is 20.8 Å². The number of thiocarbonyl (C=S) groups is 1. The van der Waals surface area contributed by atoms with E-state index in [-0.39, 0.29) is 0 Å². The van der Waals surface area contributed by atoms with Crippen LogP contribution in [0.2, 0.25) is 0 Å². The van der Waals surface area contributed by atoms with E-state index in [2.05, 4.69) is 77.3 Å². The summed E-state index contributed by atoms with van der Waals surface area (Å²) in [6, 6.07) is 8.59. The summed E-state index contributed by atoms with van der Waals surface area (Å²) in [6.45, 7) is 19.1. The fourth-order valence-corrected chi connectivity index (χ4v) is 5.78. The maximum atomic E-state index is 5.56. The van der Waals surface area contributed by atoms with Crippen molar-refractivity contribution in [1.29, 1.82) is 0 Å². The molecule has 0 unspecified atom stereocenters. The molecule has 0 aliphatic carbocycles. The lowest BCUT2D eigenvalue weighted by Crippen LogP contribution is -2.46. The van der Waals surface area contributed by atoms with Gasteiger partial charge < -0.3 is 25.3 Å². The Labute approximate surface area is 211 Å². The number of hydrogen-bond acceptors (Lipinski definition) is 5. The van der Waals surface area contributed by atoms with Gasteiger partial charge in [-0.15, -0.1) is 0 Å². The average Bonchev–Trinajstić information content (AvgIpc) is 2.81. The Morgan fingerprint density at radius 1 is 1.06 bits per heavy atom. The first kappa shape index (κ1) is 25.1. The third kappa shape index (κ3) is 6.58. The number of benzene rings is 1. The molecular formula is C27H42N6S. The lowest BCUT2D eigenvalue weighted by Gasteiger charge is -2.35. The quantitative estimate of drug-likeness (QED) is 0.450. The molecule has 6 nitrogen and oxygen atoms in total. The van der Waals surface area contributed by atoms with E-state index in [4.69, 9.17) is 17.2 Å². The minimum absolute atomic E-state index is 0.691. The zero-order valence-corrected chi connectivity index (χ0v) is 22.3. The number of likely N-dealkylation sites (tertiary alicyclic amines) is 1. The number of piperidine rings is 1. The molecule has 2 fully saturated rings. The highest BCUT2D eigenvalue weighted by Gasteiger charge is 2.21. The molecule has 2 N–H and O–H groups in total. The van der Waals surface area contributed by atoms with Crippen molar-refractivity contribution in [1.82, 2.24) is 20.1 Å². The molecule has 0 radical (unpaired) electrons. The highest BCUT2D eigenvalue weighted by molar-refractivity contribution is 7.80. The van der Waals surface area contributed by atoms with E-state index in [1.54, 1.807) is 0 Å². The number of piperazine rings is 1. The zero-order valence-electron chi connectivity index (χ0n) is 21.4. The Kier molecular flexibility index (Phi) is 8.61. The van der Waals surface area contributed by atoms with E-state index in [1.807, 2.05) is 0 Å². The number of pyridine rings is 1. The van der Waals surface area contributed by atoms with E-state index in [9.17, 15) is 0 Å². The molecule has 186 valence electrons. The molecule has 3 heterocycles. The van der Waals surface area contributed by atoms with Gasteiger partial charge in [-0.25, -0.2) is 4.98 Å². The highest BCUT2D eigenvalue weighted by atomic mass is 32.1. The molecule has 0 amide bonds. The minimum atomic E-state index is 0.691. The maximum Gasteiger partial charge on any atom is 0.170 e. The maximum absolute atomic E-state index is 5.56. The van der Waals surface area contributed by atoms with Crippen molar-refractivity contribution in [2.24, 2.45) is 11.8 Å². The van der Waals surface area contributed by atoms with E-state index in [0.717, 1.165) is 81.1 Å². The first-order valence-electron chi connectivity index (χ1n) is 13.1. The van der Waals surface area contributed by atoms with Gasteiger partial charge in [-0.05, 0) is 86.7 Å². The molecule has 0 spiro atoms. The van der Waals surface area contributed by atoms with Gasteiger partial charge in [0, 0.05) is 56.9 Å². The van der Waals surface area contributed by atoms with Crippen LogP contribution in [-0.4, -0.2) is 78.8 Å². The number of fused-ring (bicyclic) bond motifs is 1. The van der Waals surface area contributed by atoms with Gasteiger partial charge in [0.25, 0.3) is 0 Å². The van der Waals surface area contributed by atoms with Crippen LogP contribution in [0.25, 0.3) is 10.9 Å². The van der Waals surface area contributed by atoms with Crippen LogP contribution >= 0.6 is 12.2 Å². The normalized spacial score (nSPS) is 22.2. The van der Waals surface area contributed by atoms with Crippen molar-refractivity contribution in [2.45, 2.75) is 40.5 Å². The minimum Gasteiger partial charge on any atom is -0.362 e.